The van der Waals surface area contributed by atoms with E-state index in [4.69, 9.17) is 15.2 Å². The lowest BCUT2D eigenvalue weighted by atomic mass is 10.2. The van der Waals surface area contributed by atoms with Gasteiger partial charge in [-0.1, -0.05) is 30.3 Å². The molecule has 22 heavy (non-hydrogen) atoms. The SMILES string of the molecule is C[C@H](OCc1ccccc1)[C@@H](N)C(=O)OC(=O)OC(C)(C)C. The van der Waals surface area contributed by atoms with Gasteiger partial charge in [0.05, 0.1) is 12.7 Å². The third-order valence-electron chi connectivity index (χ3n) is 2.71. The molecule has 0 saturated heterocycles. The first-order valence-electron chi connectivity index (χ1n) is 7.05. The van der Waals surface area contributed by atoms with Crippen molar-refractivity contribution in [2.75, 3.05) is 0 Å². The van der Waals surface area contributed by atoms with Gasteiger partial charge in [0.15, 0.2) is 0 Å². The van der Waals surface area contributed by atoms with Crippen molar-refractivity contribution in [2.24, 2.45) is 5.73 Å². The van der Waals surface area contributed by atoms with E-state index in [1.807, 2.05) is 30.3 Å². The Morgan fingerprint density at radius 2 is 1.77 bits per heavy atom. The summed E-state index contributed by atoms with van der Waals surface area (Å²) in [6, 6.07) is 8.40. The summed E-state index contributed by atoms with van der Waals surface area (Å²) in [4.78, 5) is 23.2. The van der Waals surface area contributed by atoms with Crippen molar-refractivity contribution in [3.05, 3.63) is 35.9 Å². The van der Waals surface area contributed by atoms with Crippen LogP contribution in [0.4, 0.5) is 4.79 Å². The van der Waals surface area contributed by atoms with E-state index in [1.54, 1.807) is 27.7 Å². The van der Waals surface area contributed by atoms with Crippen LogP contribution in [0.5, 0.6) is 0 Å². The molecule has 0 heterocycles. The van der Waals surface area contributed by atoms with Crippen LogP contribution in [0, 0.1) is 0 Å². The van der Waals surface area contributed by atoms with E-state index < -0.39 is 29.9 Å². The number of carbonyl (C=O) groups is 2. The molecule has 0 amide bonds. The van der Waals surface area contributed by atoms with Gasteiger partial charge in [-0.05, 0) is 33.3 Å². The molecule has 0 aliphatic rings. The summed E-state index contributed by atoms with van der Waals surface area (Å²) in [5.74, 6) is -0.880. The molecule has 0 bridgehead atoms. The summed E-state index contributed by atoms with van der Waals surface area (Å²) < 4.78 is 15.0. The maximum Gasteiger partial charge on any atom is 0.516 e. The minimum absolute atomic E-state index is 0.315. The Hall–Kier alpha value is -1.92. The molecular weight excluding hydrogens is 286 g/mol. The molecule has 0 unspecified atom stereocenters. The Kier molecular flexibility index (Phi) is 6.52. The third-order valence-corrected chi connectivity index (χ3v) is 2.71. The van der Waals surface area contributed by atoms with Crippen LogP contribution in [-0.2, 0) is 25.6 Å². The lowest BCUT2D eigenvalue weighted by Gasteiger charge is -2.21. The molecule has 0 fully saturated rings. The van der Waals surface area contributed by atoms with Crippen LogP contribution >= 0.6 is 0 Å². The van der Waals surface area contributed by atoms with Crippen molar-refractivity contribution in [2.45, 2.75) is 52.0 Å². The van der Waals surface area contributed by atoms with Crippen molar-refractivity contribution in [3.8, 4) is 0 Å². The summed E-state index contributed by atoms with van der Waals surface area (Å²) in [6.07, 6.45) is -1.67. The zero-order chi connectivity index (χ0) is 16.8. The van der Waals surface area contributed by atoms with Crippen molar-refractivity contribution in [1.29, 1.82) is 0 Å². The van der Waals surface area contributed by atoms with Crippen molar-refractivity contribution in [1.82, 2.24) is 0 Å². The molecular formula is C16H23NO5. The topological polar surface area (TPSA) is 87.9 Å². The second kappa shape index (κ2) is 7.91. The molecule has 6 nitrogen and oxygen atoms in total. The van der Waals surface area contributed by atoms with E-state index in [0.29, 0.717) is 6.61 Å². The highest BCUT2D eigenvalue weighted by Gasteiger charge is 2.27. The molecule has 6 heteroatoms. The monoisotopic (exact) mass is 309 g/mol. The van der Waals surface area contributed by atoms with Crippen LogP contribution in [0.25, 0.3) is 0 Å². The van der Waals surface area contributed by atoms with Gasteiger partial charge in [0.1, 0.15) is 11.6 Å². The molecule has 2 N–H and O–H groups in total. The van der Waals surface area contributed by atoms with Gasteiger partial charge in [-0.2, -0.15) is 0 Å². The number of nitrogens with two attached hydrogens (primary N) is 1. The molecule has 1 aromatic rings. The van der Waals surface area contributed by atoms with Crippen LogP contribution in [0.2, 0.25) is 0 Å². The average Bonchev–Trinajstić information content (AvgIpc) is 2.42. The Morgan fingerprint density at radius 3 is 2.32 bits per heavy atom. The molecule has 1 aromatic carbocycles. The van der Waals surface area contributed by atoms with E-state index in [9.17, 15) is 9.59 Å². The lowest BCUT2D eigenvalue weighted by molar-refractivity contribution is -0.146. The predicted molar refractivity (Wildman–Crippen MR) is 81.0 cm³/mol. The normalized spacial score (nSPS) is 14.0. The summed E-state index contributed by atoms with van der Waals surface area (Å²) in [5.41, 5.74) is 5.95. The standard InChI is InChI=1S/C16H23NO5/c1-11(20-10-12-8-6-5-7-9-12)13(17)14(18)21-15(19)22-16(2,3)4/h5-9,11,13H,10,17H2,1-4H3/t11-,13+/m0/s1. The summed E-state index contributed by atoms with van der Waals surface area (Å²) in [6.45, 7) is 6.97. The average molecular weight is 309 g/mol. The van der Waals surface area contributed by atoms with E-state index in [2.05, 4.69) is 4.74 Å². The Morgan fingerprint density at radius 1 is 1.18 bits per heavy atom. The number of benzene rings is 1. The summed E-state index contributed by atoms with van der Waals surface area (Å²) >= 11 is 0. The molecule has 1 rings (SSSR count). The van der Waals surface area contributed by atoms with Gasteiger partial charge in [-0.15, -0.1) is 0 Å². The fraction of sp³-hybridized carbons (Fsp3) is 0.500. The lowest BCUT2D eigenvalue weighted by Crippen LogP contribution is -2.44. The Balaban J connectivity index is 2.43. The molecule has 0 aromatic heterocycles. The minimum atomic E-state index is -1.07. The molecule has 122 valence electrons. The highest BCUT2D eigenvalue weighted by molar-refractivity contribution is 5.85. The highest BCUT2D eigenvalue weighted by Crippen LogP contribution is 2.10. The molecule has 0 radical (unpaired) electrons. The minimum Gasteiger partial charge on any atom is -0.428 e. The fourth-order valence-electron chi connectivity index (χ4n) is 1.52. The van der Waals surface area contributed by atoms with Crippen molar-refractivity contribution >= 4 is 12.1 Å². The highest BCUT2D eigenvalue weighted by atomic mass is 16.7. The van der Waals surface area contributed by atoms with Gasteiger partial charge in [0, 0.05) is 0 Å². The van der Waals surface area contributed by atoms with E-state index in [0.717, 1.165) is 5.56 Å². The second-order valence-electron chi connectivity index (χ2n) is 5.91. The van der Waals surface area contributed by atoms with Gasteiger partial charge in [0.2, 0.25) is 0 Å². The van der Waals surface area contributed by atoms with Gasteiger partial charge < -0.3 is 19.9 Å². The quantitative estimate of drug-likeness (QED) is 0.663. The number of ether oxygens (including phenoxy) is 3. The van der Waals surface area contributed by atoms with Gasteiger partial charge >= 0.3 is 12.1 Å². The number of rotatable bonds is 5. The van der Waals surface area contributed by atoms with Crippen LogP contribution in [0.1, 0.15) is 33.3 Å². The van der Waals surface area contributed by atoms with Crippen LogP contribution in [-0.4, -0.2) is 29.9 Å². The van der Waals surface area contributed by atoms with E-state index in [1.165, 1.54) is 0 Å². The predicted octanol–water partition coefficient (Wildman–Crippen LogP) is 2.40. The number of esters is 1. The summed E-state index contributed by atoms with van der Waals surface area (Å²) in [7, 11) is 0. The van der Waals surface area contributed by atoms with Gasteiger partial charge in [-0.3, -0.25) is 0 Å². The molecule has 0 aliphatic carbocycles. The Bertz CT molecular complexity index is 495. The molecule has 0 saturated carbocycles. The summed E-state index contributed by atoms with van der Waals surface area (Å²) in [5, 5.41) is 0. The number of carbonyl (C=O) groups excluding carboxylic acids is 2. The maximum absolute atomic E-state index is 11.8. The molecule has 2 atom stereocenters. The molecule has 0 spiro atoms. The van der Waals surface area contributed by atoms with Crippen LogP contribution in [0.3, 0.4) is 0 Å². The first-order chi connectivity index (χ1) is 10.2. The van der Waals surface area contributed by atoms with Crippen LogP contribution < -0.4 is 5.73 Å². The van der Waals surface area contributed by atoms with E-state index >= 15 is 0 Å². The zero-order valence-corrected chi connectivity index (χ0v) is 13.4. The third kappa shape index (κ3) is 6.69. The number of hydrogen-bond donors (Lipinski definition) is 1. The van der Waals surface area contributed by atoms with Gasteiger partial charge in [-0.25, -0.2) is 9.59 Å². The smallest absolute Gasteiger partial charge is 0.428 e. The first kappa shape index (κ1) is 18.1. The first-order valence-corrected chi connectivity index (χ1v) is 7.05. The largest absolute Gasteiger partial charge is 0.516 e. The van der Waals surface area contributed by atoms with Crippen LogP contribution in [0.15, 0.2) is 30.3 Å². The van der Waals surface area contributed by atoms with E-state index in [-0.39, 0.29) is 0 Å². The number of hydrogen-bond acceptors (Lipinski definition) is 6. The maximum atomic E-state index is 11.8. The van der Waals surface area contributed by atoms with Crippen molar-refractivity contribution < 1.29 is 23.8 Å². The molecule has 0 aliphatic heterocycles. The van der Waals surface area contributed by atoms with Crippen molar-refractivity contribution in [3.63, 3.8) is 0 Å². The zero-order valence-electron chi connectivity index (χ0n) is 13.4. The fourth-order valence-corrected chi connectivity index (χ4v) is 1.52. The Labute approximate surface area is 130 Å². The van der Waals surface area contributed by atoms with Gasteiger partial charge in [0.25, 0.3) is 0 Å². The second-order valence-corrected chi connectivity index (χ2v) is 5.91.